The molecule has 1 aromatic rings. The van der Waals surface area contributed by atoms with Crippen LogP contribution in [0.15, 0.2) is 131 Å². The Morgan fingerprint density at radius 2 is 1.72 bits per heavy atom. The molecule has 4 rings (SSSR count). The van der Waals surface area contributed by atoms with Crippen molar-refractivity contribution in [3.63, 3.8) is 0 Å². The lowest BCUT2D eigenvalue weighted by Gasteiger charge is -2.39. The van der Waals surface area contributed by atoms with Crippen molar-refractivity contribution in [1.29, 1.82) is 0 Å². The van der Waals surface area contributed by atoms with Crippen LogP contribution in [0.25, 0.3) is 11.6 Å². The van der Waals surface area contributed by atoms with Crippen LogP contribution in [0, 0.1) is 10.8 Å². The molecule has 0 unspecified atom stereocenters. The molecule has 0 bridgehead atoms. The SMILES string of the molecule is C=C1C2=C(\C=C/[N+](CCCC)=C(/C=C/C(CCC/C=C\C=C3\N(CCCC)/C=C\c4ccccc4C(=C)C3(C)C)=C(/C)Cl)C1(C)C)CCC=C2. The number of allylic oxidation sites excluding steroid dienone is 14. The van der Waals surface area contributed by atoms with E-state index in [1.54, 1.807) is 0 Å². The van der Waals surface area contributed by atoms with Crippen molar-refractivity contribution in [2.45, 2.75) is 106 Å². The van der Waals surface area contributed by atoms with Gasteiger partial charge < -0.3 is 4.90 Å². The van der Waals surface area contributed by atoms with Gasteiger partial charge in [0.05, 0.1) is 5.41 Å². The Morgan fingerprint density at radius 1 is 0.960 bits per heavy atom. The summed E-state index contributed by atoms with van der Waals surface area (Å²) in [5, 5.41) is 0.861. The van der Waals surface area contributed by atoms with Crippen LogP contribution >= 0.6 is 11.6 Å². The molecule has 0 atom stereocenters. The van der Waals surface area contributed by atoms with Crippen molar-refractivity contribution >= 4 is 29.0 Å². The van der Waals surface area contributed by atoms with Crippen molar-refractivity contribution in [2.75, 3.05) is 13.1 Å². The fourth-order valence-corrected chi connectivity index (χ4v) is 7.31. The van der Waals surface area contributed by atoms with Crippen LogP contribution in [-0.4, -0.2) is 28.3 Å². The zero-order valence-corrected chi connectivity index (χ0v) is 32.9. The van der Waals surface area contributed by atoms with Crippen LogP contribution < -0.4 is 0 Å². The van der Waals surface area contributed by atoms with E-state index in [0.29, 0.717) is 0 Å². The van der Waals surface area contributed by atoms with Gasteiger partial charge in [-0.3, -0.25) is 0 Å². The molecule has 2 aliphatic heterocycles. The van der Waals surface area contributed by atoms with Gasteiger partial charge in [-0.1, -0.05) is 120 Å². The number of fused-ring (bicyclic) bond motifs is 1. The molecule has 1 aliphatic carbocycles. The van der Waals surface area contributed by atoms with Gasteiger partial charge in [0.2, 0.25) is 0 Å². The topological polar surface area (TPSA) is 6.25 Å². The summed E-state index contributed by atoms with van der Waals surface area (Å²) in [7, 11) is 0. The third-order valence-corrected chi connectivity index (χ3v) is 11.0. The van der Waals surface area contributed by atoms with Crippen LogP contribution in [0.2, 0.25) is 0 Å². The molecule has 0 amide bonds. The summed E-state index contributed by atoms with van der Waals surface area (Å²) >= 11 is 6.75. The second kappa shape index (κ2) is 18.0. The van der Waals surface area contributed by atoms with E-state index in [-0.39, 0.29) is 10.8 Å². The molecule has 3 aliphatic rings. The summed E-state index contributed by atoms with van der Waals surface area (Å²) in [5.41, 5.74) is 10.8. The average molecular weight is 690 g/mol. The Bertz CT molecular complexity index is 1690. The molecule has 0 fully saturated rings. The molecule has 0 N–H and O–H groups in total. The Labute approximate surface area is 310 Å². The summed E-state index contributed by atoms with van der Waals surface area (Å²) in [4.78, 5) is 2.43. The number of hydrogen-bond donors (Lipinski definition) is 0. The summed E-state index contributed by atoms with van der Waals surface area (Å²) in [6.07, 6.45) is 34.8. The first-order valence-electron chi connectivity index (χ1n) is 19.0. The molecular weight excluding hydrogens is 628 g/mol. The van der Waals surface area contributed by atoms with Crippen LogP contribution in [0.4, 0.5) is 0 Å². The van der Waals surface area contributed by atoms with Crippen LogP contribution in [0.1, 0.15) is 117 Å². The van der Waals surface area contributed by atoms with E-state index >= 15 is 0 Å². The highest BCUT2D eigenvalue weighted by Gasteiger charge is 2.37. The van der Waals surface area contributed by atoms with Crippen LogP contribution in [0.5, 0.6) is 0 Å². The number of hydrogen-bond acceptors (Lipinski definition) is 1. The standard InChI is InChI=1S/C47H62ClN2/c1-10-12-32-49-34-30-40-23-18-20-25-42(40)36(3)46(6,7)44(49)27-17-15-14-16-22-39(38(5)48)28-29-45-47(8,9)37(4)43-26-21-19-24-41(43)31-35-50(45)33-13-11-2/h15,17-18,20-21,23,25-31,34-35H,3-4,10-14,16,19,22,24,32-33H2,1-2,5-9H3/q+1/b17-15-,29-28+,34-30-,35-31-,39-38-,44-27+,50-45-. The third kappa shape index (κ3) is 9.38. The van der Waals surface area contributed by atoms with Crippen molar-refractivity contribution < 1.29 is 4.58 Å². The number of benzene rings is 1. The van der Waals surface area contributed by atoms with Gasteiger partial charge in [-0.05, 0) is 110 Å². The second-order valence-corrected chi connectivity index (χ2v) is 15.6. The highest BCUT2D eigenvalue weighted by molar-refractivity contribution is 6.29. The minimum absolute atomic E-state index is 0.214. The minimum atomic E-state index is -0.225. The summed E-state index contributed by atoms with van der Waals surface area (Å²) in [5.74, 6) is 0. The Morgan fingerprint density at radius 3 is 2.46 bits per heavy atom. The van der Waals surface area contributed by atoms with Gasteiger partial charge in [0, 0.05) is 47.5 Å². The predicted octanol–water partition coefficient (Wildman–Crippen LogP) is 13.5. The Kier molecular flexibility index (Phi) is 14.1. The van der Waals surface area contributed by atoms with Crippen molar-refractivity contribution in [3.05, 3.63) is 143 Å². The zero-order valence-electron chi connectivity index (χ0n) is 32.1. The number of rotatable bonds is 13. The molecular formula is C47H62ClN2+. The van der Waals surface area contributed by atoms with E-state index in [1.165, 1.54) is 44.8 Å². The number of halogens is 1. The smallest absolute Gasteiger partial charge is 0.191 e. The molecule has 0 radical (unpaired) electrons. The quantitative estimate of drug-likeness (QED) is 0.113. The van der Waals surface area contributed by atoms with E-state index in [0.717, 1.165) is 81.5 Å². The molecule has 2 nitrogen and oxygen atoms in total. The maximum absolute atomic E-state index is 6.75. The highest BCUT2D eigenvalue weighted by atomic mass is 35.5. The molecule has 2 heterocycles. The zero-order chi connectivity index (χ0) is 36.3. The first kappa shape index (κ1) is 39.2. The second-order valence-electron chi connectivity index (χ2n) is 15.0. The molecule has 0 saturated carbocycles. The van der Waals surface area contributed by atoms with Crippen molar-refractivity contribution in [2.24, 2.45) is 10.8 Å². The van der Waals surface area contributed by atoms with E-state index in [1.807, 2.05) is 6.92 Å². The van der Waals surface area contributed by atoms with Gasteiger partial charge in [0.25, 0.3) is 0 Å². The monoisotopic (exact) mass is 689 g/mol. The van der Waals surface area contributed by atoms with Gasteiger partial charge in [-0.2, -0.15) is 0 Å². The maximum Gasteiger partial charge on any atom is 0.191 e. The number of nitrogens with zero attached hydrogens (tertiary/aromatic N) is 2. The van der Waals surface area contributed by atoms with Crippen LogP contribution in [-0.2, 0) is 0 Å². The fourth-order valence-electron chi connectivity index (χ4n) is 7.15. The molecule has 50 heavy (non-hydrogen) atoms. The summed E-state index contributed by atoms with van der Waals surface area (Å²) < 4.78 is 2.45. The van der Waals surface area contributed by atoms with Crippen molar-refractivity contribution in [1.82, 2.24) is 4.90 Å². The lowest BCUT2D eigenvalue weighted by atomic mass is 9.73. The maximum atomic E-state index is 6.75. The molecule has 266 valence electrons. The first-order chi connectivity index (χ1) is 23.9. The molecule has 0 saturated heterocycles. The van der Waals surface area contributed by atoms with Crippen molar-refractivity contribution in [3.8, 4) is 0 Å². The highest BCUT2D eigenvalue weighted by Crippen LogP contribution is 2.44. The molecule has 1 aromatic carbocycles. The van der Waals surface area contributed by atoms with E-state index in [2.05, 4.69) is 156 Å². The minimum Gasteiger partial charge on any atom is -0.351 e. The van der Waals surface area contributed by atoms with E-state index in [4.69, 9.17) is 11.6 Å². The van der Waals surface area contributed by atoms with Gasteiger partial charge >= 0.3 is 0 Å². The average Bonchev–Trinajstić information content (AvgIpc) is 3.10. The summed E-state index contributed by atoms with van der Waals surface area (Å²) in [6.45, 7) is 27.0. The van der Waals surface area contributed by atoms with Gasteiger partial charge in [-0.25, -0.2) is 4.58 Å². The first-order valence-corrected chi connectivity index (χ1v) is 19.4. The Hall–Kier alpha value is -3.62. The van der Waals surface area contributed by atoms with Gasteiger partial charge in [0.15, 0.2) is 11.9 Å². The third-order valence-electron chi connectivity index (χ3n) is 10.7. The molecule has 3 heteroatoms. The summed E-state index contributed by atoms with van der Waals surface area (Å²) in [6, 6.07) is 8.61. The van der Waals surface area contributed by atoms with E-state index < -0.39 is 0 Å². The fraction of sp³-hybridized carbons (Fsp3) is 0.426. The lowest BCUT2D eigenvalue weighted by molar-refractivity contribution is -0.460. The van der Waals surface area contributed by atoms with Crippen LogP contribution in [0.3, 0.4) is 0 Å². The predicted molar refractivity (Wildman–Crippen MR) is 221 cm³/mol. The molecule has 0 aromatic heterocycles. The lowest BCUT2D eigenvalue weighted by Crippen LogP contribution is -2.34. The largest absolute Gasteiger partial charge is 0.351 e. The Balaban J connectivity index is 1.52. The molecule has 0 spiro atoms. The van der Waals surface area contributed by atoms with Gasteiger partial charge in [-0.15, -0.1) is 0 Å². The van der Waals surface area contributed by atoms with Gasteiger partial charge in [0.1, 0.15) is 6.54 Å². The normalized spacial score (nSPS) is 23.0. The van der Waals surface area contributed by atoms with E-state index in [9.17, 15) is 0 Å². The number of unbranched alkanes of at least 4 members (excludes halogenated alkanes) is 3.